The molecule has 6 nitrogen and oxygen atoms in total. The zero-order valence-corrected chi connectivity index (χ0v) is 13.7. The number of nitrogens with zero attached hydrogens (tertiary/aromatic N) is 1. The Hall–Kier alpha value is -2.15. The molecule has 7 heteroatoms. The molecule has 1 aromatic carbocycles. The number of benzene rings is 1. The Labute approximate surface area is 133 Å². The van der Waals surface area contributed by atoms with Crippen LogP contribution in [0.2, 0.25) is 0 Å². The van der Waals surface area contributed by atoms with Gasteiger partial charge in [0.15, 0.2) is 0 Å². The highest BCUT2D eigenvalue weighted by atomic mass is 32.2. The molecule has 0 spiro atoms. The van der Waals surface area contributed by atoms with Crippen LogP contribution in [-0.4, -0.2) is 43.9 Å². The highest BCUT2D eigenvalue weighted by Gasteiger charge is 2.34. The Morgan fingerprint density at radius 2 is 1.68 bits per heavy atom. The number of ether oxygens (including phenoxy) is 3. The van der Waals surface area contributed by atoms with E-state index in [4.69, 9.17) is 14.2 Å². The summed E-state index contributed by atoms with van der Waals surface area (Å²) in [4.78, 5) is 25.5. The highest BCUT2D eigenvalue weighted by Crippen LogP contribution is 2.39. The minimum Gasteiger partial charge on any atom is -0.496 e. The van der Waals surface area contributed by atoms with Gasteiger partial charge < -0.3 is 14.2 Å². The van der Waals surface area contributed by atoms with Crippen LogP contribution in [0.25, 0.3) is 6.08 Å². The van der Waals surface area contributed by atoms with E-state index in [9.17, 15) is 9.59 Å². The summed E-state index contributed by atoms with van der Waals surface area (Å²) in [6, 6.07) is 3.39. The van der Waals surface area contributed by atoms with Crippen molar-refractivity contribution in [3.63, 3.8) is 0 Å². The lowest BCUT2D eigenvalue weighted by Crippen LogP contribution is -2.27. The maximum absolute atomic E-state index is 12.2. The predicted molar refractivity (Wildman–Crippen MR) is 84.4 cm³/mol. The van der Waals surface area contributed by atoms with Crippen LogP contribution in [0.4, 0.5) is 4.79 Å². The summed E-state index contributed by atoms with van der Waals surface area (Å²) in [7, 11) is 4.58. The van der Waals surface area contributed by atoms with Crippen LogP contribution in [0, 0.1) is 0 Å². The first-order valence-electron chi connectivity index (χ1n) is 6.61. The van der Waals surface area contributed by atoms with Gasteiger partial charge in [-0.15, -0.1) is 0 Å². The molecule has 1 fully saturated rings. The van der Waals surface area contributed by atoms with E-state index < -0.39 is 0 Å². The van der Waals surface area contributed by atoms with Gasteiger partial charge in [0.2, 0.25) is 0 Å². The summed E-state index contributed by atoms with van der Waals surface area (Å²) >= 11 is 0.906. The molecule has 0 saturated carbocycles. The molecule has 0 atom stereocenters. The first-order valence-corrected chi connectivity index (χ1v) is 7.42. The van der Waals surface area contributed by atoms with Crippen LogP contribution in [0.1, 0.15) is 12.5 Å². The second kappa shape index (κ2) is 6.74. The van der Waals surface area contributed by atoms with E-state index in [0.717, 1.165) is 11.8 Å². The number of likely N-dealkylation sites (N-methyl/N-ethyl adjacent to an activating group) is 1. The normalized spacial score (nSPS) is 16.4. The second-order valence-corrected chi connectivity index (χ2v) is 5.36. The number of imide groups is 1. The number of carbonyl (C=O) groups excluding carboxylic acids is 2. The van der Waals surface area contributed by atoms with Gasteiger partial charge in [-0.1, -0.05) is 0 Å². The Kier molecular flexibility index (Phi) is 4.97. The molecule has 0 bridgehead atoms. The molecule has 1 saturated heterocycles. The fourth-order valence-electron chi connectivity index (χ4n) is 2.08. The summed E-state index contributed by atoms with van der Waals surface area (Å²) in [5, 5.41) is -0.273. The van der Waals surface area contributed by atoms with Crippen molar-refractivity contribution in [3.05, 3.63) is 22.6 Å². The van der Waals surface area contributed by atoms with E-state index in [1.807, 2.05) is 0 Å². The number of thioether (sulfide) groups is 1. The Morgan fingerprint density at radius 3 is 2.09 bits per heavy atom. The van der Waals surface area contributed by atoms with Crippen LogP contribution in [0.5, 0.6) is 17.2 Å². The SMILES string of the molecule is CCN1C(=O)S/C(=C\c2c(OC)cc(OC)cc2OC)C1=O. The molecule has 1 heterocycles. The van der Waals surface area contributed by atoms with Crippen molar-refractivity contribution >= 4 is 29.0 Å². The zero-order valence-electron chi connectivity index (χ0n) is 12.8. The number of carbonyl (C=O) groups is 2. The van der Waals surface area contributed by atoms with E-state index in [2.05, 4.69) is 0 Å². The molecule has 22 heavy (non-hydrogen) atoms. The fraction of sp³-hybridized carbons (Fsp3) is 0.333. The third-order valence-corrected chi connectivity index (χ3v) is 4.13. The molecule has 1 aliphatic rings. The van der Waals surface area contributed by atoms with Crippen LogP contribution in [0.15, 0.2) is 17.0 Å². The predicted octanol–water partition coefficient (Wildman–Crippen LogP) is 2.77. The van der Waals surface area contributed by atoms with Crippen LogP contribution < -0.4 is 14.2 Å². The molecule has 0 radical (unpaired) electrons. The van der Waals surface area contributed by atoms with E-state index in [1.165, 1.54) is 19.1 Å². The van der Waals surface area contributed by atoms with Crippen molar-refractivity contribution in [1.29, 1.82) is 0 Å². The van der Waals surface area contributed by atoms with Crippen molar-refractivity contribution in [2.75, 3.05) is 27.9 Å². The first-order chi connectivity index (χ1) is 10.5. The van der Waals surface area contributed by atoms with E-state index in [-0.39, 0.29) is 11.1 Å². The van der Waals surface area contributed by atoms with Crippen molar-refractivity contribution in [2.45, 2.75) is 6.92 Å². The average Bonchev–Trinajstić information content (AvgIpc) is 2.80. The molecular weight excluding hydrogens is 306 g/mol. The Bertz CT molecular complexity index is 616. The monoisotopic (exact) mass is 323 g/mol. The van der Waals surface area contributed by atoms with Gasteiger partial charge in [-0.25, -0.2) is 0 Å². The minimum absolute atomic E-state index is 0.273. The summed E-state index contributed by atoms with van der Waals surface area (Å²) in [5.41, 5.74) is 0.590. The summed E-state index contributed by atoms with van der Waals surface area (Å²) < 4.78 is 15.8. The van der Waals surface area contributed by atoms with Crippen molar-refractivity contribution in [3.8, 4) is 17.2 Å². The average molecular weight is 323 g/mol. The maximum atomic E-state index is 12.2. The Balaban J connectivity index is 2.51. The van der Waals surface area contributed by atoms with Gasteiger partial charge >= 0.3 is 0 Å². The molecule has 0 N–H and O–H groups in total. The van der Waals surface area contributed by atoms with E-state index in [0.29, 0.717) is 34.3 Å². The third-order valence-electron chi connectivity index (χ3n) is 3.22. The van der Waals surface area contributed by atoms with Crippen LogP contribution in [-0.2, 0) is 4.79 Å². The zero-order chi connectivity index (χ0) is 16.3. The van der Waals surface area contributed by atoms with Crippen molar-refractivity contribution in [1.82, 2.24) is 4.90 Å². The molecule has 0 aromatic heterocycles. The van der Waals surface area contributed by atoms with Crippen molar-refractivity contribution < 1.29 is 23.8 Å². The number of methoxy groups -OCH3 is 3. The molecular formula is C15H17NO5S. The first kappa shape index (κ1) is 16.2. The van der Waals surface area contributed by atoms with Gasteiger partial charge in [-0.3, -0.25) is 14.5 Å². The topological polar surface area (TPSA) is 65.1 Å². The highest BCUT2D eigenvalue weighted by molar-refractivity contribution is 8.18. The van der Waals surface area contributed by atoms with Crippen LogP contribution in [0.3, 0.4) is 0 Å². The number of rotatable bonds is 5. The van der Waals surface area contributed by atoms with E-state index in [1.54, 1.807) is 32.2 Å². The third kappa shape index (κ3) is 2.89. The minimum atomic E-state index is -0.308. The van der Waals surface area contributed by atoms with Gasteiger partial charge in [-0.2, -0.15) is 0 Å². The summed E-state index contributed by atoms with van der Waals surface area (Å²) in [6.45, 7) is 2.10. The lowest BCUT2D eigenvalue weighted by molar-refractivity contribution is -0.122. The van der Waals surface area contributed by atoms with E-state index >= 15 is 0 Å². The van der Waals surface area contributed by atoms with Crippen LogP contribution >= 0.6 is 11.8 Å². The molecule has 1 aromatic rings. The van der Waals surface area contributed by atoms with Gasteiger partial charge in [0.1, 0.15) is 17.2 Å². The molecule has 0 aliphatic carbocycles. The van der Waals surface area contributed by atoms with Gasteiger partial charge in [0.05, 0.1) is 31.8 Å². The lowest BCUT2D eigenvalue weighted by Gasteiger charge is -2.13. The standard InChI is InChI=1S/C15H17NO5S/c1-5-16-14(17)13(22-15(16)18)8-10-11(20-3)6-9(19-2)7-12(10)21-4/h6-8H,5H2,1-4H3/b13-8-. The maximum Gasteiger partial charge on any atom is 0.293 e. The second-order valence-electron chi connectivity index (χ2n) is 4.37. The van der Waals surface area contributed by atoms with Gasteiger partial charge in [-0.05, 0) is 24.8 Å². The van der Waals surface area contributed by atoms with Gasteiger partial charge in [0, 0.05) is 18.7 Å². The molecule has 2 amide bonds. The largest absolute Gasteiger partial charge is 0.496 e. The molecule has 0 unspecified atom stereocenters. The number of hydrogen-bond acceptors (Lipinski definition) is 6. The Morgan fingerprint density at radius 1 is 1.09 bits per heavy atom. The summed E-state index contributed by atoms with van der Waals surface area (Å²) in [6.07, 6.45) is 1.61. The summed E-state index contributed by atoms with van der Waals surface area (Å²) in [5.74, 6) is 1.27. The molecule has 2 rings (SSSR count). The lowest BCUT2D eigenvalue weighted by atomic mass is 10.1. The van der Waals surface area contributed by atoms with Gasteiger partial charge in [0.25, 0.3) is 11.1 Å². The quantitative estimate of drug-likeness (QED) is 0.776. The van der Waals surface area contributed by atoms with Crippen molar-refractivity contribution in [2.24, 2.45) is 0 Å². The smallest absolute Gasteiger partial charge is 0.293 e. The fourth-order valence-corrected chi connectivity index (χ4v) is 2.96. The molecule has 1 aliphatic heterocycles. The number of hydrogen-bond donors (Lipinski definition) is 0. The molecule has 118 valence electrons. The number of amides is 2.